The van der Waals surface area contributed by atoms with Crippen LogP contribution in [0, 0.1) is 0 Å². The second-order valence-electron chi connectivity index (χ2n) is 18.2. The highest BCUT2D eigenvalue weighted by atomic mass is 31.2. The van der Waals surface area contributed by atoms with E-state index < -0.39 is 20.0 Å². The van der Waals surface area contributed by atoms with Crippen molar-refractivity contribution < 1.29 is 32.9 Å². The number of carbonyl (C=O) groups excluding carboxylic acids is 1. The van der Waals surface area contributed by atoms with E-state index in [0.29, 0.717) is 17.4 Å². The van der Waals surface area contributed by atoms with Crippen LogP contribution in [0.15, 0.2) is 109 Å². The van der Waals surface area contributed by atoms with Crippen LogP contribution in [-0.2, 0) is 18.4 Å². The number of aliphatic hydroxyl groups is 1. The molecule has 0 aliphatic heterocycles. The van der Waals surface area contributed by atoms with Gasteiger partial charge in [-0.05, 0) is 89.9 Å². The summed E-state index contributed by atoms with van der Waals surface area (Å²) in [5.41, 5.74) is 0. The van der Waals surface area contributed by atoms with Gasteiger partial charge in [0.15, 0.2) is 0 Å². The number of carbonyl (C=O) groups is 1. The van der Waals surface area contributed by atoms with Crippen LogP contribution in [0.2, 0.25) is 0 Å². The van der Waals surface area contributed by atoms with Crippen molar-refractivity contribution in [3.63, 3.8) is 0 Å². The predicted octanol–water partition coefficient (Wildman–Crippen LogP) is 15.3. The lowest BCUT2D eigenvalue weighted by Crippen LogP contribution is -2.45. The van der Waals surface area contributed by atoms with Gasteiger partial charge in [-0.25, -0.2) is 4.57 Å². The molecule has 0 aromatic carbocycles. The van der Waals surface area contributed by atoms with Crippen LogP contribution in [0.25, 0.3) is 0 Å². The smallest absolute Gasteiger partial charge is 0.387 e. The van der Waals surface area contributed by atoms with Crippen LogP contribution in [0.5, 0.6) is 0 Å². The summed E-state index contributed by atoms with van der Waals surface area (Å²) in [6, 6.07) is -0.870. The molecule has 0 aromatic heterocycles. The molecule has 3 N–H and O–H groups in total. The van der Waals surface area contributed by atoms with Gasteiger partial charge in [0.25, 0.3) is 0 Å². The highest BCUT2D eigenvalue weighted by Crippen LogP contribution is 2.43. The molecule has 0 saturated heterocycles. The van der Waals surface area contributed by atoms with Crippen molar-refractivity contribution in [2.24, 2.45) is 0 Å². The highest BCUT2D eigenvalue weighted by Gasteiger charge is 2.27. The monoisotopic (exact) mass is 926 g/mol. The van der Waals surface area contributed by atoms with Gasteiger partial charge in [0, 0.05) is 6.42 Å². The Balaban J connectivity index is 4.12. The lowest BCUT2D eigenvalue weighted by Gasteiger charge is -2.25. The molecule has 372 valence electrons. The van der Waals surface area contributed by atoms with Crippen molar-refractivity contribution in [3.05, 3.63) is 109 Å². The van der Waals surface area contributed by atoms with Gasteiger partial charge in [-0.15, -0.1) is 0 Å². The normalized spacial score (nSPS) is 15.0. The molecule has 1 amide bonds. The summed E-state index contributed by atoms with van der Waals surface area (Å²) < 4.78 is 23.5. The summed E-state index contributed by atoms with van der Waals surface area (Å²) in [5.74, 6) is -0.198. The van der Waals surface area contributed by atoms with Crippen LogP contribution in [0.3, 0.4) is 0 Å². The number of quaternary nitrogens is 1. The van der Waals surface area contributed by atoms with Crippen molar-refractivity contribution in [1.82, 2.24) is 5.32 Å². The van der Waals surface area contributed by atoms with Crippen LogP contribution in [0.1, 0.15) is 187 Å². The van der Waals surface area contributed by atoms with Crippen LogP contribution in [0.4, 0.5) is 0 Å². The second kappa shape index (κ2) is 46.3. The third-order valence-electron chi connectivity index (χ3n) is 10.7. The largest absolute Gasteiger partial charge is 0.472 e. The molecule has 3 atom stereocenters. The maximum absolute atomic E-state index is 12.9. The molecule has 0 fully saturated rings. The number of phosphoric acid groups is 1. The maximum Gasteiger partial charge on any atom is 0.472 e. The van der Waals surface area contributed by atoms with E-state index in [1.165, 1.54) is 83.5 Å². The Morgan fingerprint density at radius 3 is 1.42 bits per heavy atom. The molecule has 8 nitrogen and oxygen atoms in total. The Hall–Kier alpha value is -2.84. The minimum Gasteiger partial charge on any atom is -0.387 e. The zero-order valence-corrected chi connectivity index (χ0v) is 43.1. The molecule has 3 unspecified atom stereocenters. The summed E-state index contributed by atoms with van der Waals surface area (Å²) in [6.45, 7) is 4.61. The van der Waals surface area contributed by atoms with Gasteiger partial charge in [-0.2, -0.15) is 0 Å². The SMILES string of the molecule is CC/C=C\C/C=C\C/C=C\C/C=C\C/C=C\C/C=C\C/C=C\CCCCCCCCCCCCCC(=O)NC(COP(=O)(O)OCC[N+](C)(C)C)C(O)/C=C/CC/C=C/CCCCCC. The predicted molar refractivity (Wildman–Crippen MR) is 281 cm³/mol. The average Bonchev–Trinajstić information content (AvgIpc) is 3.26. The van der Waals surface area contributed by atoms with E-state index in [1.807, 2.05) is 27.2 Å². The van der Waals surface area contributed by atoms with Gasteiger partial charge in [0.1, 0.15) is 13.2 Å². The van der Waals surface area contributed by atoms with Gasteiger partial charge in [0.05, 0.1) is 39.9 Å². The van der Waals surface area contributed by atoms with Crippen LogP contribution < -0.4 is 5.32 Å². The van der Waals surface area contributed by atoms with Gasteiger partial charge >= 0.3 is 7.82 Å². The Morgan fingerprint density at radius 1 is 0.538 bits per heavy atom. The van der Waals surface area contributed by atoms with Gasteiger partial charge < -0.3 is 19.8 Å². The van der Waals surface area contributed by atoms with E-state index in [2.05, 4.69) is 116 Å². The fourth-order valence-electron chi connectivity index (χ4n) is 6.68. The summed E-state index contributed by atoms with van der Waals surface area (Å²) in [5, 5.41) is 13.8. The van der Waals surface area contributed by atoms with E-state index in [9.17, 15) is 19.4 Å². The van der Waals surface area contributed by atoms with Crippen molar-refractivity contribution in [3.8, 4) is 0 Å². The Labute approximate surface area is 400 Å². The molecule has 0 heterocycles. The van der Waals surface area contributed by atoms with Crippen molar-refractivity contribution in [1.29, 1.82) is 0 Å². The van der Waals surface area contributed by atoms with Gasteiger partial charge in [-0.3, -0.25) is 13.8 Å². The van der Waals surface area contributed by atoms with Crippen LogP contribution in [-0.4, -0.2) is 73.4 Å². The minimum absolute atomic E-state index is 0.0502. The summed E-state index contributed by atoms with van der Waals surface area (Å²) in [7, 11) is 1.53. The zero-order chi connectivity index (χ0) is 47.8. The third kappa shape index (κ3) is 48.9. The first-order valence-electron chi connectivity index (χ1n) is 25.8. The lowest BCUT2D eigenvalue weighted by molar-refractivity contribution is -0.870. The topological polar surface area (TPSA) is 105 Å². The number of hydrogen-bond acceptors (Lipinski definition) is 5. The first-order valence-corrected chi connectivity index (χ1v) is 27.3. The number of allylic oxidation sites excluding steroid dienone is 17. The molecule has 65 heavy (non-hydrogen) atoms. The minimum atomic E-state index is -4.35. The van der Waals surface area contributed by atoms with E-state index in [4.69, 9.17) is 9.05 Å². The number of nitrogens with one attached hydrogen (secondary N) is 1. The molecule has 0 bridgehead atoms. The number of phosphoric ester groups is 1. The van der Waals surface area contributed by atoms with E-state index >= 15 is 0 Å². The molecule has 0 spiro atoms. The quantitative estimate of drug-likeness (QED) is 0.0243. The number of nitrogens with zero attached hydrogens (tertiary/aromatic N) is 1. The molecular formula is C56H98N2O6P+. The van der Waals surface area contributed by atoms with Crippen molar-refractivity contribution in [2.45, 2.75) is 199 Å². The van der Waals surface area contributed by atoms with E-state index in [1.54, 1.807) is 6.08 Å². The van der Waals surface area contributed by atoms with Gasteiger partial charge in [-0.1, -0.05) is 200 Å². The standard InChI is InChI=1S/C56H97N2O6P/c1-6-8-10-12-14-16-18-19-20-21-22-23-24-25-26-27-28-29-30-31-32-33-34-35-36-37-38-39-40-42-44-46-48-50-56(60)57-54(53-64-65(61,62)63-52-51-58(3,4)5)55(59)49-47-45-43-41-17-15-13-11-9-7-2/h8,10,14,16-17,19-20,22-23,25-26,28-29,31-32,41,47,49,54-55,59H,6-7,9,11-13,15,18,21,24,27,30,33-40,42-46,48,50-53H2,1-5H3,(H-,57,60,61,62)/p+1/b10-8-,16-14-,20-19-,23-22-,26-25-,29-28-,32-31-,41-17+,49-47+. The second-order valence-corrected chi connectivity index (χ2v) is 19.6. The number of amides is 1. The third-order valence-corrected chi connectivity index (χ3v) is 11.7. The van der Waals surface area contributed by atoms with Gasteiger partial charge in [0.2, 0.25) is 5.91 Å². The highest BCUT2D eigenvalue weighted by molar-refractivity contribution is 7.47. The first kappa shape index (κ1) is 62.2. The van der Waals surface area contributed by atoms with Crippen LogP contribution >= 0.6 is 7.82 Å². The maximum atomic E-state index is 12.9. The molecule has 9 heteroatoms. The summed E-state index contributed by atoms with van der Waals surface area (Å²) in [4.78, 5) is 23.1. The summed E-state index contributed by atoms with van der Waals surface area (Å²) >= 11 is 0. The lowest BCUT2D eigenvalue weighted by atomic mass is 10.0. The fourth-order valence-corrected chi connectivity index (χ4v) is 7.42. The molecule has 0 aromatic rings. The fraction of sp³-hybridized carbons (Fsp3) is 0.661. The van der Waals surface area contributed by atoms with Crippen molar-refractivity contribution in [2.75, 3.05) is 40.9 Å². The number of hydrogen-bond donors (Lipinski definition) is 3. The number of likely N-dealkylation sites (N-methyl/N-ethyl adjacent to an activating group) is 1. The number of rotatable bonds is 45. The first-order chi connectivity index (χ1) is 31.5. The van der Waals surface area contributed by atoms with Crippen molar-refractivity contribution >= 4 is 13.7 Å². The average molecular weight is 926 g/mol. The Morgan fingerprint density at radius 2 is 0.938 bits per heavy atom. The Bertz CT molecular complexity index is 1420. The number of unbranched alkanes of at least 4 members (excludes halogenated alkanes) is 16. The summed E-state index contributed by atoms with van der Waals surface area (Å²) in [6.07, 6.45) is 67.6. The van der Waals surface area contributed by atoms with E-state index in [-0.39, 0.29) is 19.1 Å². The molecule has 0 aliphatic rings. The molecular weight excluding hydrogens is 828 g/mol. The Kier molecular flexibility index (Phi) is 44.3. The molecule has 0 radical (unpaired) electrons. The zero-order valence-electron chi connectivity index (χ0n) is 42.2. The van der Waals surface area contributed by atoms with E-state index in [0.717, 1.165) is 83.5 Å². The molecule has 0 rings (SSSR count). The molecule has 0 aliphatic carbocycles. The molecule has 0 saturated carbocycles. The number of aliphatic hydroxyl groups excluding tert-OH is 1.